The average molecular weight is 304 g/mol. The van der Waals surface area contributed by atoms with Gasteiger partial charge in [0.1, 0.15) is 5.82 Å². The molecule has 0 aliphatic heterocycles. The number of benzene rings is 1. The van der Waals surface area contributed by atoms with Gasteiger partial charge in [0.2, 0.25) is 5.91 Å². The molecular formula is C18H25FN2O. The average Bonchev–Trinajstić information content (AvgIpc) is 3.30. The maximum absolute atomic E-state index is 13.8. The van der Waals surface area contributed by atoms with E-state index in [1.165, 1.54) is 6.07 Å². The maximum atomic E-state index is 13.8. The number of carbonyl (C=O) groups is 1. The highest BCUT2D eigenvalue weighted by molar-refractivity contribution is 5.78. The van der Waals surface area contributed by atoms with E-state index in [1.807, 2.05) is 19.9 Å². The van der Waals surface area contributed by atoms with Crippen LogP contribution in [0.3, 0.4) is 0 Å². The zero-order valence-electron chi connectivity index (χ0n) is 13.5. The lowest BCUT2D eigenvalue weighted by Gasteiger charge is -2.27. The Morgan fingerprint density at radius 2 is 2.00 bits per heavy atom. The summed E-state index contributed by atoms with van der Waals surface area (Å²) in [5, 5.41) is 0. The van der Waals surface area contributed by atoms with Gasteiger partial charge in [-0.3, -0.25) is 9.69 Å². The maximum Gasteiger partial charge on any atom is 0.237 e. The van der Waals surface area contributed by atoms with Crippen LogP contribution in [0.15, 0.2) is 36.4 Å². The highest BCUT2D eigenvalue weighted by Crippen LogP contribution is 2.28. The molecular weight excluding hydrogens is 279 g/mol. The molecule has 0 bridgehead atoms. The van der Waals surface area contributed by atoms with Crippen LogP contribution >= 0.6 is 0 Å². The Hall–Kier alpha value is -1.68. The Kier molecular flexibility index (Phi) is 5.72. The zero-order valence-corrected chi connectivity index (χ0v) is 13.5. The number of halogens is 1. The van der Waals surface area contributed by atoms with Gasteiger partial charge in [0, 0.05) is 31.2 Å². The van der Waals surface area contributed by atoms with E-state index in [0.717, 1.165) is 18.4 Å². The predicted octanol–water partition coefficient (Wildman–Crippen LogP) is 3.21. The van der Waals surface area contributed by atoms with Crippen molar-refractivity contribution in [2.24, 2.45) is 0 Å². The fraction of sp³-hybridized carbons (Fsp3) is 0.500. The molecule has 0 unspecified atom stereocenters. The van der Waals surface area contributed by atoms with Crippen molar-refractivity contribution in [1.82, 2.24) is 9.80 Å². The lowest BCUT2D eigenvalue weighted by atomic mass is 10.2. The monoisotopic (exact) mass is 304 g/mol. The van der Waals surface area contributed by atoms with Gasteiger partial charge in [0.15, 0.2) is 0 Å². The summed E-state index contributed by atoms with van der Waals surface area (Å²) in [6.45, 7) is 9.87. The Morgan fingerprint density at radius 1 is 1.32 bits per heavy atom. The molecule has 22 heavy (non-hydrogen) atoms. The van der Waals surface area contributed by atoms with Gasteiger partial charge in [0.25, 0.3) is 0 Å². The molecule has 0 heterocycles. The summed E-state index contributed by atoms with van der Waals surface area (Å²) in [7, 11) is 0. The molecule has 0 radical (unpaired) electrons. The SMILES string of the molecule is C=C(C)CN(CC)C(=O)CN(Cc1ccccc1F)C1CC1. The molecule has 1 saturated carbocycles. The molecule has 0 N–H and O–H groups in total. The van der Waals surface area contributed by atoms with Crippen LogP contribution < -0.4 is 0 Å². The number of carbonyl (C=O) groups excluding carboxylic acids is 1. The minimum atomic E-state index is -0.199. The number of amides is 1. The molecule has 1 aromatic carbocycles. The third kappa shape index (κ3) is 4.67. The summed E-state index contributed by atoms with van der Waals surface area (Å²) in [5.74, 6) is -0.108. The summed E-state index contributed by atoms with van der Waals surface area (Å²) in [6.07, 6.45) is 2.18. The Bertz CT molecular complexity index is 540. The summed E-state index contributed by atoms with van der Waals surface area (Å²) in [6, 6.07) is 7.21. The molecule has 4 heteroatoms. The number of rotatable bonds is 8. The summed E-state index contributed by atoms with van der Waals surface area (Å²) >= 11 is 0. The molecule has 1 aromatic rings. The van der Waals surface area contributed by atoms with Crippen LogP contribution in [0.25, 0.3) is 0 Å². The second kappa shape index (κ2) is 7.54. The summed E-state index contributed by atoms with van der Waals surface area (Å²) in [4.78, 5) is 16.4. The van der Waals surface area contributed by atoms with E-state index in [1.54, 1.807) is 17.0 Å². The smallest absolute Gasteiger partial charge is 0.237 e. The molecule has 2 rings (SSSR count). The van der Waals surface area contributed by atoms with Gasteiger partial charge in [-0.25, -0.2) is 4.39 Å². The highest BCUT2D eigenvalue weighted by atomic mass is 19.1. The van der Waals surface area contributed by atoms with Crippen molar-refractivity contribution in [1.29, 1.82) is 0 Å². The lowest BCUT2D eigenvalue weighted by Crippen LogP contribution is -2.41. The third-order valence-corrected chi connectivity index (χ3v) is 3.93. The van der Waals surface area contributed by atoms with Crippen LogP contribution in [0, 0.1) is 5.82 Å². The van der Waals surface area contributed by atoms with Gasteiger partial charge in [0.05, 0.1) is 6.54 Å². The van der Waals surface area contributed by atoms with Gasteiger partial charge < -0.3 is 4.90 Å². The van der Waals surface area contributed by atoms with Crippen LogP contribution in [0.2, 0.25) is 0 Å². The molecule has 1 aliphatic carbocycles. The largest absolute Gasteiger partial charge is 0.338 e. The van der Waals surface area contributed by atoms with Crippen molar-refractivity contribution in [2.75, 3.05) is 19.6 Å². The Morgan fingerprint density at radius 3 is 2.55 bits per heavy atom. The van der Waals surface area contributed by atoms with Gasteiger partial charge in [-0.2, -0.15) is 0 Å². The van der Waals surface area contributed by atoms with Crippen molar-refractivity contribution in [3.05, 3.63) is 47.8 Å². The van der Waals surface area contributed by atoms with Crippen LogP contribution in [0.5, 0.6) is 0 Å². The van der Waals surface area contributed by atoms with Crippen molar-refractivity contribution in [2.45, 2.75) is 39.3 Å². The minimum absolute atomic E-state index is 0.0914. The van der Waals surface area contributed by atoms with Crippen molar-refractivity contribution < 1.29 is 9.18 Å². The van der Waals surface area contributed by atoms with Gasteiger partial charge >= 0.3 is 0 Å². The van der Waals surface area contributed by atoms with Crippen LogP contribution in [0.4, 0.5) is 4.39 Å². The quantitative estimate of drug-likeness (QED) is 0.689. The first-order valence-electron chi connectivity index (χ1n) is 7.90. The van der Waals surface area contributed by atoms with Gasteiger partial charge in [-0.05, 0) is 32.8 Å². The number of likely N-dealkylation sites (N-methyl/N-ethyl adjacent to an activating group) is 1. The molecule has 1 fully saturated rings. The van der Waals surface area contributed by atoms with Crippen LogP contribution in [0.1, 0.15) is 32.3 Å². The molecule has 120 valence electrons. The first kappa shape index (κ1) is 16.7. The molecule has 1 aliphatic rings. The molecule has 0 aromatic heterocycles. The van der Waals surface area contributed by atoms with E-state index < -0.39 is 0 Å². The van der Waals surface area contributed by atoms with Crippen molar-refractivity contribution >= 4 is 5.91 Å². The van der Waals surface area contributed by atoms with E-state index in [0.29, 0.717) is 37.8 Å². The van der Waals surface area contributed by atoms with E-state index in [-0.39, 0.29) is 11.7 Å². The van der Waals surface area contributed by atoms with Crippen molar-refractivity contribution in [3.63, 3.8) is 0 Å². The fourth-order valence-electron chi connectivity index (χ4n) is 2.58. The second-order valence-corrected chi connectivity index (χ2v) is 6.09. The lowest BCUT2D eigenvalue weighted by molar-refractivity contribution is -0.132. The van der Waals surface area contributed by atoms with E-state index in [4.69, 9.17) is 0 Å². The topological polar surface area (TPSA) is 23.6 Å². The first-order valence-corrected chi connectivity index (χ1v) is 7.90. The third-order valence-electron chi connectivity index (χ3n) is 3.93. The summed E-state index contributed by atoms with van der Waals surface area (Å²) < 4.78 is 13.8. The Balaban J connectivity index is 2.01. The van der Waals surface area contributed by atoms with Crippen LogP contribution in [-0.2, 0) is 11.3 Å². The first-order chi connectivity index (χ1) is 10.5. The Labute approximate surface area is 132 Å². The van der Waals surface area contributed by atoms with Crippen LogP contribution in [-0.4, -0.2) is 41.4 Å². The number of hydrogen-bond donors (Lipinski definition) is 0. The molecule has 0 atom stereocenters. The van der Waals surface area contributed by atoms with E-state index in [2.05, 4.69) is 11.5 Å². The molecule has 1 amide bonds. The highest BCUT2D eigenvalue weighted by Gasteiger charge is 2.31. The van der Waals surface area contributed by atoms with E-state index >= 15 is 0 Å². The number of nitrogens with zero attached hydrogens (tertiary/aromatic N) is 2. The van der Waals surface area contributed by atoms with E-state index in [9.17, 15) is 9.18 Å². The summed E-state index contributed by atoms with van der Waals surface area (Å²) in [5.41, 5.74) is 1.63. The van der Waals surface area contributed by atoms with Gasteiger partial charge in [-0.1, -0.05) is 30.4 Å². The predicted molar refractivity (Wildman–Crippen MR) is 86.9 cm³/mol. The standard InChI is InChI=1S/C18H25FN2O/c1-4-20(11-14(2)3)18(22)13-21(16-9-10-16)12-15-7-5-6-8-17(15)19/h5-8,16H,2,4,9-13H2,1,3H3. The number of hydrogen-bond acceptors (Lipinski definition) is 2. The fourth-order valence-corrected chi connectivity index (χ4v) is 2.58. The second-order valence-electron chi connectivity index (χ2n) is 6.09. The van der Waals surface area contributed by atoms with Gasteiger partial charge in [-0.15, -0.1) is 0 Å². The minimum Gasteiger partial charge on any atom is -0.338 e. The van der Waals surface area contributed by atoms with Crippen molar-refractivity contribution in [3.8, 4) is 0 Å². The molecule has 3 nitrogen and oxygen atoms in total. The zero-order chi connectivity index (χ0) is 16.1. The molecule has 0 spiro atoms. The molecule has 0 saturated heterocycles. The normalized spacial score (nSPS) is 14.2.